The maximum absolute atomic E-state index is 10.5. The first-order valence-electron chi connectivity index (χ1n) is 5.28. The highest BCUT2D eigenvalue weighted by molar-refractivity contribution is 7.85. The first-order chi connectivity index (χ1) is 7.35. The van der Waals surface area contributed by atoms with E-state index >= 15 is 0 Å². The maximum atomic E-state index is 10.5. The van der Waals surface area contributed by atoms with Crippen molar-refractivity contribution in [2.24, 2.45) is 0 Å². The molecular formula is C9H22N2O3S2. The zero-order valence-corrected chi connectivity index (χ0v) is 11.7. The molecule has 0 fully saturated rings. The van der Waals surface area contributed by atoms with E-state index < -0.39 is 10.1 Å². The highest BCUT2D eigenvalue weighted by Crippen LogP contribution is 1.93. The van der Waals surface area contributed by atoms with Crippen LogP contribution < -0.4 is 0 Å². The van der Waals surface area contributed by atoms with Crippen LogP contribution in [0.4, 0.5) is 0 Å². The molecule has 0 spiro atoms. The Hall–Kier alpha value is 0.180. The third kappa shape index (κ3) is 10.7. The lowest BCUT2D eigenvalue weighted by atomic mass is 10.3. The average Bonchev–Trinajstić information content (AvgIpc) is 2.14. The molecule has 0 aliphatic rings. The van der Waals surface area contributed by atoms with Crippen molar-refractivity contribution < 1.29 is 13.0 Å². The van der Waals surface area contributed by atoms with Gasteiger partial charge in [-0.1, -0.05) is 0 Å². The molecule has 0 amide bonds. The van der Waals surface area contributed by atoms with E-state index in [-0.39, 0.29) is 5.75 Å². The van der Waals surface area contributed by atoms with Crippen molar-refractivity contribution in [1.29, 1.82) is 0 Å². The molecule has 0 aromatic rings. The molecule has 0 unspecified atom stereocenters. The standard InChI is InChI=1S/C9H22N2O3S2/c1-10(6-8-15)4-3-5-11(2)7-9-16(12,13)14/h15H,3-9H2,1-2H3,(H,12,13,14). The zero-order chi connectivity index (χ0) is 12.6. The molecule has 0 atom stereocenters. The number of rotatable bonds is 9. The van der Waals surface area contributed by atoms with Gasteiger partial charge in [-0.3, -0.25) is 4.55 Å². The molecule has 0 aliphatic heterocycles. The fraction of sp³-hybridized carbons (Fsp3) is 1.00. The monoisotopic (exact) mass is 270 g/mol. The summed E-state index contributed by atoms with van der Waals surface area (Å²) in [5, 5.41) is 0. The molecule has 7 heteroatoms. The second kappa shape index (κ2) is 8.30. The third-order valence-electron chi connectivity index (χ3n) is 2.29. The van der Waals surface area contributed by atoms with Gasteiger partial charge in [-0.15, -0.1) is 0 Å². The molecule has 0 aromatic carbocycles. The lowest BCUT2D eigenvalue weighted by Gasteiger charge is -2.19. The molecule has 0 radical (unpaired) electrons. The van der Waals surface area contributed by atoms with Gasteiger partial charge in [0.2, 0.25) is 0 Å². The number of thiol groups is 1. The summed E-state index contributed by atoms with van der Waals surface area (Å²) in [5.41, 5.74) is 0. The summed E-state index contributed by atoms with van der Waals surface area (Å²) in [6.45, 7) is 3.12. The molecule has 16 heavy (non-hydrogen) atoms. The van der Waals surface area contributed by atoms with Crippen LogP contribution in [0.2, 0.25) is 0 Å². The Labute approximate surface area is 104 Å². The molecule has 0 aromatic heterocycles. The topological polar surface area (TPSA) is 60.9 Å². The van der Waals surface area contributed by atoms with E-state index in [2.05, 4.69) is 17.5 Å². The fourth-order valence-electron chi connectivity index (χ4n) is 1.28. The summed E-state index contributed by atoms with van der Waals surface area (Å²) in [5.74, 6) is 0.644. The van der Waals surface area contributed by atoms with Gasteiger partial charge in [-0.25, -0.2) is 0 Å². The summed E-state index contributed by atoms with van der Waals surface area (Å²) in [6.07, 6.45) is 0.978. The predicted molar refractivity (Wildman–Crippen MR) is 69.9 cm³/mol. The van der Waals surface area contributed by atoms with Gasteiger partial charge in [0, 0.05) is 18.8 Å². The molecule has 0 bridgehead atoms. The highest BCUT2D eigenvalue weighted by atomic mass is 32.2. The average molecular weight is 270 g/mol. The van der Waals surface area contributed by atoms with Gasteiger partial charge in [0.25, 0.3) is 10.1 Å². The second-order valence-corrected chi connectivity index (χ2v) is 5.99. The molecule has 0 heterocycles. The second-order valence-electron chi connectivity index (χ2n) is 3.97. The van der Waals surface area contributed by atoms with Crippen LogP contribution in [0.1, 0.15) is 6.42 Å². The molecule has 0 saturated carbocycles. The van der Waals surface area contributed by atoms with E-state index in [1.54, 1.807) is 0 Å². The number of hydrogen-bond donors (Lipinski definition) is 2. The number of nitrogens with zero attached hydrogens (tertiary/aromatic N) is 2. The van der Waals surface area contributed by atoms with Crippen molar-refractivity contribution in [3.05, 3.63) is 0 Å². The Morgan fingerprint density at radius 1 is 1.06 bits per heavy atom. The van der Waals surface area contributed by atoms with Gasteiger partial charge < -0.3 is 9.80 Å². The first-order valence-corrected chi connectivity index (χ1v) is 7.52. The van der Waals surface area contributed by atoms with E-state index in [4.69, 9.17) is 4.55 Å². The van der Waals surface area contributed by atoms with Crippen molar-refractivity contribution in [2.75, 3.05) is 51.8 Å². The summed E-state index contributed by atoms with van der Waals surface area (Å²) in [6, 6.07) is 0. The van der Waals surface area contributed by atoms with E-state index in [1.165, 1.54) is 0 Å². The summed E-state index contributed by atoms with van der Waals surface area (Å²) >= 11 is 4.14. The van der Waals surface area contributed by atoms with E-state index in [1.807, 2.05) is 19.0 Å². The van der Waals surface area contributed by atoms with Gasteiger partial charge in [-0.2, -0.15) is 21.0 Å². The fourth-order valence-corrected chi connectivity index (χ4v) is 2.16. The van der Waals surface area contributed by atoms with Crippen molar-refractivity contribution in [3.8, 4) is 0 Å². The Bertz CT molecular complexity index is 270. The normalized spacial score (nSPS) is 12.6. The van der Waals surface area contributed by atoms with Crippen LogP contribution in [0.15, 0.2) is 0 Å². The maximum Gasteiger partial charge on any atom is 0.266 e. The van der Waals surface area contributed by atoms with Gasteiger partial charge in [0.1, 0.15) is 0 Å². The quantitative estimate of drug-likeness (QED) is 0.458. The minimum absolute atomic E-state index is 0.198. The van der Waals surface area contributed by atoms with Crippen LogP contribution in [0, 0.1) is 0 Å². The van der Waals surface area contributed by atoms with Gasteiger partial charge >= 0.3 is 0 Å². The summed E-state index contributed by atoms with van der Waals surface area (Å²) in [7, 11) is 0.0557. The van der Waals surface area contributed by atoms with Gasteiger partial charge in [0.05, 0.1) is 5.75 Å². The van der Waals surface area contributed by atoms with E-state index in [9.17, 15) is 8.42 Å². The van der Waals surface area contributed by atoms with Crippen molar-refractivity contribution >= 4 is 22.7 Å². The Morgan fingerprint density at radius 2 is 1.56 bits per heavy atom. The van der Waals surface area contributed by atoms with E-state index in [0.29, 0.717) is 6.54 Å². The van der Waals surface area contributed by atoms with Gasteiger partial charge in [0.15, 0.2) is 0 Å². The first kappa shape index (κ1) is 16.2. The molecule has 0 aliphatic carbocycles. The molecule has 98 valence electrons. The van der Waals surface area contributed by atoms with Crippen LogP contribution in [0.25, 0.3) is 0 Å². The highest BCUT2D eigenvalue weighted by Gasteiger charge is 2.07. The molecular weight excluding hydrogens is 248 g/mol. The van der Waals surface area contributed by atoms with Crippen LogP contribution >= 0.6 is 12.6 Å². The Morgan fingerprint density at radius 3 is 2.00 bits per heavy atom. The number of hydrogen-bond acceptors (Lipinski definition) is 5. The van der Waals surface area contributed by atoms with Crippen LogP contribution in [-0.2, 0) is 10.1 Å². The zero-order valence-electron chi connectivity index (χ0n) is 9.96. The molecule has 5 nitrogen and oxygen atoms in total. The summed E-state index contributed by atoms with van der Waals surface area (Å²) < 4.78 is 29.6. The minimum atomic E-state index is -3.83. The largest absolute Gasteiger partial charge is 0.306 e. The third-order valence-corrected chi connectivity index (χ3v) is 3.19. The Kier molecular flexibility index (Phi) is 8.39. The van der Waals surface area contributed by atoms with Crippen LogP contribution in [0.3, 0.4) is 0 Å². The Balaban J connectivity index is 3.54. The lowest BCUT2D eigenvalue weighted by molar-refractivity contribution is 0.294. The van der Waals surface area contributed by atoms with Crippen molar-refractivity contribution in [1.82, 2.24) is 9.80 Å². The van der Waals surface area contributed by atoms with Crippen molar-refractivity contribution in [3.63, 3.8) is 0 Å². The summed E-state index contributed by atoms with van der Waals surface area (Å²) in [4.78, 5) is 4.09. The molecule has 0 rings (SSSR count). The molecule has 1 N–H and O–H groups in total. The van der Waals surface area contributed by atoms with Crippen molar-refractivity contribution in [2.45, 2.75) is 6.42 Å². The van der Waals surface area contributed by atoms with E-state index in [0.717, 1.165) is 31.8 Å². The smallest absolute Gasteiger partial charge is 0.266 e. The van der Waals surface area contributed by atoms with Crippen LogP contribution in [-0.4, -0.2) is 74.6 Å². The SMILES string of the molecule is CN(CCS)CCCN(C)CCS(=O)(=O)O. The lowest BCUT2D eigenvalue weighted by Crippen LogP contribution is -2.29. The predicted octanol–water partition coefficient (Wildman–Crippen LogP) is 0.0577. The van der Waals surface area contributed by atoms with Crippen LogP contribution in [0.5, 0.6) is 0 Å². The van der Waals surface area contributed by atoms with Gasteiger partial charge in [-0.05, 0) is 33.6 Å². The molecule has 0 saturated heterocycles. The minimum Gasteiger partial charge on any atom is -0.306 e.